The third kappa shape index (κ3) is 4.07. The number of nitrogens with two attached hydrogens (primary N) is 1. The van der Waals surface area contributed by atoms with E-state index in [0.29, 0.717) is 6.54 Å². The standard InChI is InChI=1S/C19H27FN4O/c1-12(2)19(5,11-21)22-18(25)10-17-13(3)23-24(14(17)4)16-8-6-15(20)7-9-16/h6-9,12H,10-11,21H2,1-5H3,(H,22,25). The van der Waals surface area contributed by atoms with E-state index in [4.69, 9.17) is 5.73 Å². The fraction of sp³-hybridized carbons (Fsp3) is 0.474. The quantitative estimate of drug-likeness (QED) is 0.844. The van der Waals surface area contributed by atoms with Crippen LogP contribution in [0, 0.1) is 25.6 Å². The Morgan fingerprint density at radius 3 is 2.44 bits per heavy atom. The summed E-state index contributed by atoms with van der Waals surface area (Å²) in [6.45, 7) is 10.2. The second-order valence-electron chi connectivity index (χ2n) is 7.04. The molecule has 2 aromatic rings. The van der Waals surface area contributed by atoms with Crippen molar-refractivity contribution in [2.45, 2.75) is 46.6 Å². The minimum Gasteiger partial charge on any atom is -0.349 e. The van der Waals surface area contributed by atoms with Gasteiger partial charge in [-0.2, -0.15) is 5.10 Å². The first-order valence-electron chi connectivity index (χ1n) is 8.50. The number of amides is 1. The Hall–Kier alpha value is -2.21. The van der Waals surface area contributed by atoms with Crippen molar-refractivity contribution in [2.75, 3.05) is 6.54 Å². The van der Waals surface area contributed by atoms with Crippen molar-refractivity contribution in [2.24, 2.45) is 11.7 Å². The zero-order valence-corrected chi connectivity index (χ0v) is 15.6. The molecule has 1 amide bonds. The third-order valence-electron chi connectivity index (χ3n) is 4.97. The van der Waals surface area contributed by atoms with Crippen molar-refractivity contribution >= 4 is 5.91 Å². The predicted molar refractivity (Wildman–Crippen MR) is 97.1 cm³/mol. The van der Waals surface area contributed by atoms with Crippen LogP contribution < -0.4 is 11.1 Å². The number of nitrogens with one attached hydrogen (secondary N) is 1. The maximum Gasteiger partial charge on any atom is 0.225 e. The summed E-state index contributed by atoms with van der Waals surface area (Å²) in [7, 11) is 0. The largest absolute Gasteiger partial charge is 0.349 e. The van der Waals surface area contributed by atoms with Gasteiger partial charge in [0.05, 0.1) is 23.3 Å². The number of halogens is 1. The molecule has 0 aliphatic heterocycles. The summed E-state index contributed by atoms with van der Waals surface area (Å²) in [6, 6.07) is 6.13. The molecule has 2 rings (SSSR count). The average molecular weight is 346 g/mol. The van der Waals surface area contributed by atoms with Crippen LogP contribution in [0.5, 0.6) is 0 Å². The molecular formula is C19H27FN4O. The molecule has 0 bridgehead atoms. The van der Waals surface area contributed by atoms with Gasteiger partial charge in [-0.05, 0) is 51.0 Å². The van der Waals surface area contributed by atoms with Crippen molar-refractivity contribution in [3.8, 4) is 5.69 Å². The SMILES string of the molecule is Cc1nn(-c2ccc(F)cc2)c(C)c1CC(=O)NC(C)(CN)C(C)C. The van der Waals surface area contributed by atoms with Gasteiger partial charge in [-0.15, -0.1) is 0 Å². The zero-order valence-electron chi connectivity index (χ0n) is 15.6. The summed E-state index contributed by atoms with van der Waals surface area (Å²) in [5, 5.41) is 7.56. The van der Waals surface area contributed by atoms with E-state index in [-0.39, 0.29) is 24.1 Å². The Labute approximate surface area is 148 Å². The van der Waals surface area contributed by atoms with Crippen molar-refractivity contribution in [1.82, 2.24) is 15.1 Å². The van der Waals surface area contributed by atoms with E-state index in [1.54, 1.807) is 16.8 Å². The van der Waals surface area contributed by atoms with Gasteiger partial charge in [-0.3, -0.25) is 4.79 Å². The van der Waals surface area contributed by atoms with E-state index >= 15 is 0 Å². The molecule has 0 saturated carbocycles. The molecule has 0 saturated heterocycles. The zero-order chi connectivity index (χ0) is 18.8. The Kier molecular flexibility index (Phi) is 5.62. The van der Waals surface area contributed by atoms with Gasteiger partial charge in [0.15, 0.2) is 0 Å². The number of carbonyl (C=O) groups is 1. The van der Waals surface area contributed by atoms with E-state index in [9.17, 15) is 9.18 Å². The number of carbonyl (C=O) groups excluding carboxylic acids is 1. The highest BCUT2D eigenvalue weighted by Gasteiger charge is 2.29. The minimum atomic E-state index is -0.439. The second kappa shape index (κ2) is 7.35. The molecule has 1 heterocycles. The molecular weight excluding hydrogens is 319 g/mol. The smallest absolute Gasteiger partial charge is 0.225 e. The Morgan fingerprint density at radius 2 is 1.92 bits per heavy atom. The molecule has 1 aromatic carbocycles. The van der Waals surface area contributed by atoms with Crippen molar-refractivity contribution in [3.05, 3.63) is 47.0 Å². The van der Waals surface area contributed by atoms with Crippen LogP contribution in [-0.2, 0) is 11.2 Å². The highest BCUT2D eigenvalue weighted by atomic mass is 19.1. The van der Waals surface area contributed by atoms with Gasteiger partial charge in [0, 0.05) is 17.8 Å². The molecule has 1 unspecified atom stereocenters. The topological polar surface area (TPSA) is 72.9 Å². The lowest BCUT2D eigenvalue weighted by Gasteiger charge is -2.33. The second-order valence-corrected chi connectivity index (χ2v) is 7.04. The molecule has 5 nitrogen and oxygen atoms in total. The predicted octanol–water partition coefficient (Wildman–Crippen LogP) is 2.66. The number of benzene rings is 1. The maximum atomic E-state index is 13.1. The molecule has 0 radical (unpaired) electrons. The summed E-state index contributed by atoms with van der Waals surface area (Å²) in [6.07, 6.45) is 0.237. The molecule has 0 spiro atoms. The van der Waals surface area contributed by atoms with Gasteiger partial charge in [0.2, 0.25) is 5.91 Å². The number of hydrogen-bond acceptors (Lipinski definition) is 3. The molecule has 136 valence electrons. The molecule has 0 aliphatic rings. The molecule has 1 aromatic heterocycles. The number of aryl methyl sites for hydroxylation is 1. The summed E-state index contributed by atoms with van der Waals surface area (Å²) in [5.74, 6) is -0.142. The van der Waals surface area contributed by atoms with E-state index in [0.717, 1.165) is 22.6 Å². The lowest BCUT2D eigenvalue weighted by molar-refractivity contribution is -0.122. The van der Waals surface area contributed by atoms with Gasteiger partial charge in [-0.1, -0.05) is 13.8 Å². The van der Waals surface area contributed by atoms with E-state index in [1.807, 2.05) is 34.6 Å². The fourth-order valence-electron chi connectivity index (χ4n) is 2.72. The number of rotatable bonds is 6. The lowest BCUT2D eigenvalue weighted by atomic mass is 9.88. The van der Waals surface area contributed by atoms with Crippen LogP contribution in [0.25, 0.3) is 5.69 Å². The highest BCUT2D eigenvalue weighted by Crippen LogP contribution is 2.20. The Bertz CT molecular complexity index is 752. The van der Waals surface area contributed by atoms with Crippen LogP contribution in [0.1, 0.15) is 37.7 Å². The van der Waals surface area contributed by atoms with Crippen LogP contribution in [0.3, 0.4) is 0 Å². The van der Waals surface area contributed by atoms with Crippen molar-refractivity contribution < 1.29 is 9.18 Å². The van der Waals surface area contributed by atoms with E-state index in [2.05, 4.69) is 10.4 Å². The van der Waals surface area contributed by atoms with Gasteiger partial charge in [0.1, 0.15) is 5.82 Å². The summed E-state index contributed by atoms with van der Waals surface area (Å²) < 4.78 is 14.9. The molecule has 6 heteroatoms. The summed E-state index contributed by atoms with van der Waals surface area (Å²) >= 11 is 0. The minimum absolute atomic E-state index is 0.0773. The normalized spacial score (nSPS) is 13.8. The van der Waals surface area contributed by atoms with E-state index in [1.165, 1.54) is 12.1 Å². The molecule has 0 aliphatic carbocycles. The number of hydrogen-bond donors (Lipinski definition) is 2. The first-order chi connectivity index (χ1) is 11.7. The maximum absolute atomic E-state index is 13.1. The van der Waals surface area contributed by atoms with E-state index < -0.39 is 5.54 Å². The van der Waals surface area contributed by atoms with Crippen molar-refractivity contribution in [3.63, 3.8) is 0 Å². The van der Waals surface area contributed by atoms with Gasteiger partial charge in [-0.25, -0.2) is 9.07 Å². The van der Waals surface area contributed by atoms with Crippen LogP contribution >= 0.6 is 0 Å². The monoisotopic (exact) mass is 346 g/mol. The first kappa shape index (κ1) is 19.1. The average Bonchev–Trinajstić information content (AvgIpc) is 2.83. The van der Waals surface area contributed by atoms with Gasteiger partial charge >= 0.3 is 0 Å². The Balaban J connectivity index is 2.23. The van der Waals surface area contributed by atoms with Crippen LogP contribution in [0.4, 0.5) is 4.39 Å². The highest BCUT2D eigenvalue weighted by molar-refractivity contribution is 5.80. The lowest BCUT2D eigenvalue weighted by Crippen LogP contribution is -2.55. The number of nitrogens with zero attached hydrogens (tertiary/aromatic N) is 2. The van der Waals surface area contributed by atoms with Gasteiger partial charge < -0.3 is 11.1 Å². The summed E-state index contributed by atoms with van der Waals surface area (Å²) in [5.41, 5.74) is 8.71. The third-order valence-corrected chi connectivity index (χ3v) is 4.97. The molecule has 1 atom stereocenters. The fourth-order valence-corrected chi connectivity index (χ4v) is 2.72. The first-order valence-corrected chi connectivity index (χ1v) is 8.50. The molecule has 3 N–H and O–H groups in total. The molecule has 25 heavy (non-hydrogen) atoms. The molecule has 0 fully saturated rings. The van der Waals surface area contributed by atoms with Crippen LogP contribution in [0.2, 0.25) is 0 Å². The number of aromatic nitrogens is 2. The Morgan fingerprint density at radius 1 is 1.32 bits per heavy atom. The van der Waals surface area contributed by atoms with Crippen molar-refractivity contribution in [1.29, 1.82) is 0 Å². The van der Waals surface area contributed by atoms with Gasteiger partial charge in [0.25, 0.3) is 0 Å². The summed E-state index contributed by atoms with van der Waals surface area (Å²) in [4.78, 5) is 12.5. The van der Waals surface area contributed by atoms with Crippen LogP contribution in [-0.4, -0.2) is 27.8 Å². The van der Waals surface area contributed by atoms with Crippen LogP contribution in [0.15, 0.2) is 24.3 Å².